The Labute approximate surface area is 172 Å². The Hall–Kier alpha value is -2.21. The van der Waals surface area contributed by atoms with E-state index in [1.165, 1.54) is 14.2 Å². The number of amides is 1. The van der Waals surface area contributed by atoms with Gasteiger partial charge in [0.05, 0.1) is 5.02 Å². The molecule has 0 atom stereocenters. The zero-order valence-electron chi connectivity index (χ0n) is 14.6. The first kappa shape index (κ1) is 21.1. The number of nitrogens with zero attached hydrogens (tertiary/aromatic N) is 1. The van der Waals surface area contributed by atoms with E-state index in [1.54, 1.807) is 36.4 Å². The van der Waals surface area contributed by atoms with Gasteiger partial charge in [-0.15, -0.1) is 0 Å². The molecule has 1 N–H and O–H groups in total. The third kappa shape index (κ3) is 5.89. The Balaban J connectivity index is 2.26. The molecule has 0 aromatic heterocycles. The number of carbonyl (C=O) groups is 1. The van der Waals surface area contributed by atoms with E-state index in [9.17, 15) is 4.79 Å². The van der Waals surface area contributed by atoms with E-state index < -0.39 is 0 Å². The molecule has 0 unspecified atom stereocenters. The van der Waals surface area contributed by atoms with Gasteiger partial charge in [0.25, 0.3) is 5.91 Å². The van der Waals surface area contributed by atoms with Crippen molar-refractivity contribution >= 4 is 52.5 Å². The average molecular weight is 428 g/mol. The minimum absolute atomic E-state index is 0.132. The molecule has 0 saturated heterocycles. The molecule has 0 aliphatic heterocycles. The highest BCUT2D eigenvalue weighted by Crippen LogP contribution is 2.28. The predicted octanol–water partition coefficient (Wildman–Crippen LogP) is 4.79. The SMILES string of the molecule is CNC(=O)/C(=N\OC)c1ccccc1COc1ccc(C=C(Cl)Cl)cc1Cl. The van der Waals surface area contributed by atoms with Crippen LogP contribution < -0.4 is 10.1 Å². The summed E-state index contributed by atoms with van der Waals surface area (Å²) in [6.07, 6.45) is 1.57. The van der Waals surface area contributed by atoms with Gasteiger partial charge in [-0.2, -0.15) is 0 Å². The van der Waals surface area contributed by atoms with Gasteiger partial charge in [-0.3, -0.25) is 4.79 Å². The van der Waals surface area contributed by atoms with Crippen LogP contribution in [0.4, 0.5) is 0 Å². The third-order valence-corrected chi connectivity index (χ3v) is 4.03. The summed E-state index contributed by atoms with van der Waals surface area (Å²) >= 11 is 17.6. The molecule has 142 valence electrons. The second kappa shape index (κ2) is 10.2. The second-order valence-electron chi connectivity index (χ2n) is 5.27. The van der Waals surface area contributed by atoms with Crippen LogP contribution in [0.15, 0.2) is 52.1 Å². The van der Waals surface area contributed by atoms with Crippen LogP contribution in [0.25, 0.3) is 6.08 Å². The number of hydrogen-bond donors (Lipinski definition) is 1. The van der Waals surface area contributed by atoms with Gasteiger partial charge >= 0.3 is 0 Å². The fourth-order valence-corrected chi connectivity index (χ4v) is 2.80. The van der Waals surface area contributed by atoms with Crippen LogP contribution in [0.3, 0.4) is 0 Å². The van der Waals surface area contributed by atoms with Gasteiger partial charge in [-0.1, -0.05) is 70.3 Å². The Morgan fingerprint density at radius 2 is 1.96 bits per heavy atom. The number of halogens is 3. The number of carbonyl (C=O) groups excluding carboxylic acids is 1. The van der Waals surface area contributed by atoms with Crippen LogP contribution in [0, 0.1) is 0 Å². The first-order valence-electron chi connectivity index (χ1n) is 7.82. The third-order valence-electron chi connectivity index (χ3n) is 3.51. The van der Waals surface area contributed by atoms with E-state index in [4.69, 9.17) is 44.4 Å². The first-order valence-corrected chi connectivity index (χ1v) is 8.96. The molecule has 0 spiro atoms. The van der Waals surface area contributed by atoms with Crippen LogP contribution in [0.2, 0.25) is 5.02 Å². The van der Waals surface area contributed by atoms with Crippen molar-refractivity contribution in [2.24, 2.45) is 5.16 Å². The van der Waals surface area contributed by atoms with Gasteiger partial charge in [0, 0.05) is 12.6 Å². The summed E-state index contributed by atoms with van der Waals surface area (Å²) in [5.41, 5.74) is 2.26. The largest absolute Gasteiger partial charge is 0.487 e. The zero-order valence-corrected chi connectivity index (χ0v) is 16.9. The Morgan fingerprint density at radius 1 is 1.22 bits per heavy atom. The Bertz CT molecular complexity index is 878. The highest BCUT2D eigenvalue weighted by Gasteiger charge is 2.17. The van der Waals surface area contributed by atoms with Crippen molar-refractivity contribution in [3.8, 4) is 5.75 Å². The molecular formula is C19H17Cl3N2O3. The molecule has 2 aromatic carbocycles. The van der Waals surface area contributed by atoms with Crippen LogP contribution in [-0.2, 0) is 16.2 Å². The quantitative estimate of drug-likeness (QED) is 0.510. The number of hydrogen-bond acceptors (Lipinski definition) is 4. The van der Waals surface area contributed by atoms with Crippen LogP contribution in [-0.4, -0.2) is 25.8 Å². The second-order valence-corrected chi connectivity index (χ2v) is 6.69. The maximum Gasteiger partial charge on any atom is 0.273 e. The van der Waals surface area contributed by atoms with Gasteiger partial charge in [0.15, 0.2) is 5.71 Å². The summed E-state index contributed by atoms with van der Waals surface area (Å²) in [5.74, 6) is 0.121. The molecule has 0 aliphatic rings. The normalized spacial score (nSPS) is 10.9. The molecule has 2 aromatic rings. The summed E-state index contributed by atoms with van der Waals surface area (Å²) in [7, 11) is 2.90. The lowest BCUT2D eigenvalue weighted by Gasteiger charge is -2.13. The summed E-state index contributed by atoms with van der Waals surface area (Å²) in [5, 5.41) is 6.78. The van der Waals surface area contributed by atoms with Gasteiger partial charge in [-0.05, 0) is 29.3 Å². The highest BCUT2D eigenvalue weighted by molar-refractivity contribution is 6.57. The molecule has 0 radical (unpaired) electrons. The summed E-state index contributed by atoms with van der Waals surface area (Å²) in [6, 6.07) is 12.4. The molecule has 27 heavy (non-hydrogen) atoms. The maximum absolute atomic E-state index is 12.1. The monoisotopic (exact) mass is 426 g/mol. The molecule has 0 bridgehead atoms. The van der Waals surface area contributed by atoms with E-state index in [0.717, 1.165) is 11.1 Å². The number of benzene rings is 2. The minimum atomic E-state index is -0.364. The van der Waals surface area contributed by atoms with Crippen molar-refractivity contribution < 1.29 is 14.4 Å². The van der Waals surface area contributed by atoms with Crippen LogP contribution in [0.1, 0.15) is 16.7 Å². The van der Waals surface area contributed by atoms with Crippen LogP contribution >= 0.6 is 34.8 Å². The fraction of sp³-hybridized carbons (Fsp3) is 0.158. The Kier molecular flexibility index (Phi) is 7.98. The number of likely N-dealkylation sites (N-methyl/N-ethyl adjacent to an activating group) is 1. The number of oxime groups is 1. The summed E-state index contributed by atoms with van der Waals surface area (Å²) in [4.78, 5) is 16.9. The lowest BCUT2D eigenvalue weighted by atomic mass is 10.0. The van der Waals surface area contributed by atoms with Crippen molar-refractivity contribution in [2.75, 3.05) is 14.2 Å². The van der Waals surface area contributed by atoms with Gasteiger partial charge in [0.1, 0.15) is 24.0 Å². The maximum atomic E-state index is 12.1. The summed E-state index contributed by atoms with van der Waals surface area (Å²) < 4.78 is 5.95. The minimum Gasteiger partial charge on any atom is -0.487 e. The number of ether oxygens (including phenoxy) is 1. The molecule has 2 rings (SSSR count). The Morgan fingerprint density at radius 3 is 2.59 bits per heavy atom. The summed E-state index contributed by atoms with van der Waals surface area (Å²) in [6.45, 7) is 0.182. The standard InChI is InChI=1S/C19H17Cl3N2O3/c1-23-19(25)18(24-26-2)14-6-4-3-5-13(14)11-27-16-8-7-12(9-15(16)20)10-17(21)22/h3-10H,11H2,1-2H3,(H,23,25)/b24-18-. The van der Waals surface area contributed by atoms with E-state index >= 15 is 0 Å². The lowest BCUT2D eigenvalue weighted by Crippen LogP contribution is -2.29. The van der Waals surface area contributed by atoms with E-state index in [1.807, 2.05) is 12.1 Å². The molecule has 5 nitrogen and oxygen atoms in total. The smallest absolute Gasteiger partial charge is 0.273 e. The van der Waals surface area contributed by atoms with Crippen molar-refractivity contribution in [1.82, 2.24) is 5.32 Å². The molecule has 0 fully saturated rings. The molecule has 0 saturated carbocycles. The van der Waals surface area contributed by atoms with Gasteiger partial charge in [0.2, 0.25) is 0 Å². The zero-order chi connectivity index (χ0) is 19.8. The van der Waals surface area contributed by atoms with Crippen molar-refractivity contribution in [3.63, 3.8) is 0 Å². The molecule has 1 amide bonds. The molecular weight excluding hydrogens is 411 g/mol. The van der Waals surface area contributed by atoms with Crippen molar-refractivity contribution in [1.29, 1.82) is 0 Å². The molecule has 0 heterocycles. The molecule has 8 heteroatoms. The predicted molar refractivity (Wildman–Crippen MR) is 110 cm³/mol. The average Bonchev–Trinajstić information content (AvgIpc) is 2.65. The molecule has 0 aliphatic carbocycles. The topological polar surface area (TPSA) is 59.9 Å². The lowest BCUT2D eigenvalue weighted by molar-refractivity contribution is -0.114. The number of nitrogens with one attached hydrogen (secondary N) is 1. The van der Waals surface area contributed by atoms with Gasteiger partial charge < -0.3 is 14.9 Å². The van der Waals surface area contributed by atoms with E-state index in [0.29, 0.717) is 16.3 Å². The first-order chi connectivity index (χ1) is 13.0. The fourth-order valence-electron chi connectivity index (χ4n) is 2.31. The van der Waals surface area contributed by atoms with E-state index in [2.05, 4.69) is 10.5 Å². The van der Waals surface area contributed by atoms with Crippen molar-refractivity contribution in [2.45, 2.75) is 6.61 Å². The number of rotatable bonds is 7. The van der Waals surface area contributed by atoms with E-state index in [-0.39, 0.29) is 22.7 Å². The highest BCUT2D eigenvalue weighted by atomic mass is 35.5. The van der Waals surface area contributed by atoms with Crippen molar-refractivity contribution in [3.05, 3.63) is 68.7 Å². The van der Waals surface area contributed by atoms with Crippen LogP contribution in [0.5, 0.6) is 5.75 Å². The van der Waals surface area contributed by atoms with Gasteiger partial charge in [-0.25, -0.2) is 0 Å².